The largest absolute Gasteiger partial charge is 0.268 e. The van der Waals surface area contributed by atoms with Gasteiger partial charge in [0, 0.05) is 18.9 Å². The minimum absolute atomic E-state index is 0.653. The first-order valence-electron chi connectivity index (χ1n) is 5.28. The predicted octanol–water partition coefficient (Wildman–Crippen LogP) is 5.77. The van der Waals surface area contributed by atoms with E-state index in [2.05, 4.69) is 35.9 Å². The quantitative estimate of drug-likeness (QED) is 0.599. The van der Waals surface area contributed by atoms with E-state index in [1.807, 2.05) is 7.05 Å². The van der Waals surface area contributed by atoms with Gasteiger partial charge in [0.15, 0.2) is 0 Å². The van der Waals surface area contributed by atoms with Gasteiger partial charge in [0.2, 0.25) is 0 Å². The van der Waals surface area contributed by atoms with Crippen molar-refractivity contribution in [2.75, 3.05) is 19.4 Å². The van der Waals surface area contributed by atoms with E-state index < -0.39 is 14.1 Å². The molecule has 17 heavy (non-hydrogen) atoms. The van der Waals surface area contributed by atoms with E-state index in [0.717, 1.165) is 18.9 Å². The van der Waals surface area contributed by atoms with Crippen molar-refractivity contribution in [1.82, 2.24) is 4.67 Å². The molecule has 0 spiro atoms. The standard InChI is InChI=1S/C11H16Cl3NP2/c1-10-3-5-11(6-4-10)9-15(2)17(14)8-7-16(12)13/h3-6H,7-9H2,1-2H3. The number of hydrogen-bond donors (Lipinski definition) is 0. The monoisotopic (exact) mass is 329 g/mol. The maximum absolute atomic E-state index is 6.34. The van der Waals surface area contributed by atoms with Crippen molar-refractivity contribution in [3.8, 4) is 0 Å². The van der Waals surface area contributed by atoms with Crippen LogP contribution < -0.4 is 0 Å². The molecule has 0 heterocycles. The lowest BCUT2D eigenvalue weighted by Crippen LogP contribution is -2.11. The highest BCUT2D eigenvalue weighted by Gasteiger charge is 2.13. The molecule has 1 unspecified atom stereocenters. The Labute approximate surface area is 120 Å². The Morgan fingerprint density at radius 3 is 2.18 bits per heavy atom. The number of nitrogens with zero attached hydrogens (tertiary/aromatic N) is 1. The molecule has 0 aliphatic carbocycles. The molecule has 0 aliphatic rings. The van der Waals surface area contributed by atoms with Gasteiger partial charge in [-0.15, -0.1) is 0 Å². The van der Waals surface area contributed by atoms with E-state index in [1.165, 1.54) is 11.1 Å². The third-order valence-corrected chi connectivity index (χ3v) is 7.04. The van der Waals surface area contributed by atoms with Crippen LogP contribution in [0.25, 0.3) is 0 Å². The molecule has 1 nitrogen and oxygen atoms in total. The summed E-state index contributed by atoms with van der Waals surface area (Å²) in [6.07, 6.45) is 1.70. The van der Waals surface area contributed by atoms with Crippen molar-refractivity contribution >= 4 is 47.8 Å². The van der Waals surface area contributed by atoms with Gasteiger partial charge in [0.05, 0.1) is 14.1 Å². The van der Waals surface area contributed by atoms with Gasteiger partial charge in [-0.3, -0.25) is 4.67 Å². The van der Waals surface area contributed by atoms with E-state index >= 15 is 0 Å². The fraction of sp³-hybridized carbons (Fsp3) is 0.455. The van der Waals surface area contributed by atoms with Crippen LogP contribution in [0.4, 0.5) is 0 Å². The van der Waals surface area contributed by atoms with Gasteiger partial charge in [-0.1, -0.05) is 63.6 Å². The minimum atomic E-state index is -0.872. The van der Waals surface area contributed by atoms with Gasteiger partial charge in [0.25, 0.3) is 0 Å². The molecule has 0 aliphatic heterocycles. The number of hydrogen-bond acceptors (Lipinski definition) is 1. The zero-order valence-electron chi connectivity index (χ0n) is 9.91. The van der Waals surface area contributed by atoms with Crippen LogP contribution in [0, 0.1) is 6.92 Å². The van der Waals surface area contributed by atoms with E-state index in [9.17, 15) is 0 Å². The van der Waals surface area contributed by atoms with Gasteiger partial charge in [-0.2, -0.15) is 0 Å². The first-order valence-corrected chi connectivity index (χ1v) is 11.0. The highest BCUT2D eigenvalue weighted by atomic mass is 35.9. The first kappa shape index (κ1) is 16.0. The van der Waals surface area contributed by atoms with Crippen LogP contribution in [-0.4, -0.2) is 24.0 Å². The van der Waals surface area contributed by atoms with E-state index in [-0.39, 0.29) is 0 Å². The molecule has 0 aromatic heterocycles. The SMILES string of the molecule is Cc1ccc(CN(C)P(Cl)CCP(Cl)Cl)cc1. The second kappa shape index (κ2) is 8.16. The van der Waals surface area contributed by atoms with E-state index in [4.69, 9.17) is 33.7 Å². The molecule has 0 bridgehead atoms. The highest BCUT2D eigenvalue weighted by Crippen LogP contribution is 2.52. The molecule has 0 saturated carbocycles. The zero-order chi connectivity index (χ0) is 12.8. The van der Waals surface area contributed by atoms with Crippen LogP contribution >= 0.6 is 47.8 Å². The molecule has 0 amide bonds. The van der Waals surface area contributed by atoms with E-state index in [0.29, 0.717) is 0 Å². The molecule has 0 radical (unpaired) electrons. The topological polar surface area (TPSA) is 3.24 Å². The summed E-state index contributed by atoms with van der Waals surface area (Å²) in [4.78, 5) is 0. The summed E-state index contributed by atoms with van der Waals surface area (Å²) in [6, 6.07) is 8.52. The van der Waals surface area contributed by atoms with Crippen LogP contribution in [0.2, 0.25) is 0 Å². The minimum Gasteiger partial charge on any atom is -0.268 e. The Hall–Kier alpha value is 0.910. The molecular weight excluding hydrogens is 314 g/mol. The number of benzene rings is 1. The summed E-state index contributed by atoms with van der Waals surface area (Å²) in [6.45, 7) is 2.09. The van der Waals surface area contributed by atoms with Crippen molar-refractivity contribution in [2.24, 2.45) is 0 Å². The summed E-state index contributed by atoms with van der Waals surface area (Å²) in [7, 11) is 1.39. The lowest BCUT2D eigenvalue weighted by molar-refractivity contribution is 0.551. The maximum atomic E-state index is 6.34. The number of rotatable bonds is 6. The second-order valence-corrected chi connectivity index (χ2v) is 10.9. The smallest absolute Gasteiger partial charge is 0.0859 e. The Kier molecular flexibility index (Phi) is 7.66. The van der Waals surface area contributed by atoms with Crippen LogP contribution in [0.1, 0.15) is 11.1 Å². The summed E-state index contributed by atoms with van der Waals surface area (Å²) in [5.41, 5.74) is 2.56. The highest BCUT2D eigenvalue weighted by molar-refractivity contribution is 8.04. The number of aryl methyl sites for hydroxylation is 1. The molecule has 0 N–H and O–H groups in total. The van der Waals surface area contributed by atoms with Gasteiger partial charge in [0.1, 0.15) is 0 Å². The Bertz CT molecular complexity index is 332. The van der Waals surface area contributed by atoms with Gasteiger partial charge < -0.3 is 0 Å². The third kappa shape index (κ3) is 6.58. The molecule has 1 rings (SSSR count). The third-order valence-electron chi connectivity index (χ3n) is 2.36. The molecule has 1 atom stereocenters. The van der Waals surface area contributed by atoms with Crippen LogP contribution in [0.15, 0.2) is 24.3 Å². The fourth-order valence-electron chi connectivity index (χ4n) is 1.36. The molecule has 1 aromatic rings. The lowest BCUT2D eigenvalue weighted by atomic mass is 10.1. The summed E-state index contributed by atoms with van der Waals surface area (Å²) in [5.74, 6) is 0. The summed E-state index contributed by atoms with van der Waals surface area (Å²) >= 11 is 17.9. The molecule has 96 valence electrons. The average Bonchev–Trinajstić information content (AvgIpc) is 2.28. The van der Waals surface area contributed by atoms with Crippen molar-refractivity contribution in [1.29, 1.82) is 0 Å². The molecule has 6 heteroatoms. The second-order valence-electron chi connectivity index (χ2n) is 3.89. The van der Waals surface area contributed by atoms with Crippen LogP contribution in [0.5, 0.6) is 0 Å². The molecule has 0 saturated heterocycles. The van der Waals surface area contributed by atoms with Gasteiger partial charge in [-0.05, 0) is 19.5 Å². The van der Waals surface area contributed by atoms with Crippen LogP contribution in [-0.2, 0) is 6.54 Å². The maximum Gasteiger partial charge on any atom is 0.0859 e. The zero-order valence-corrected chi connectivity index (χ0v) is 14.0. The predicted molar refractivity (Wildman–Crippen MR) is 83.8 cm³/mol. The summed E-state index contributed by atoms with van der Waals surface area (Å²) in [5, 5.41) is 0. The normalized spacial score (nSPS) is 13.4. The molecule has 1 aromatic carbocycles. The summed E-state index contributed by atoms with van der Waals surface area (Å²) < 4.78 is 2.17. The first-order chi connectivity index (χ1) is 7.99. The van der Waals surface area contributed by atoms with Gasteiger partial charge >= 0.3 is 0 Å². The van der Waals surface area contributed by atoms with Crippen molar-refractivity contribution < 1.29 is 0 Å². The van der Waals surface area contributed by atoms with Crippen molar-refractivity contribution in [2.45, 2.75) is 13.5 Å². The Morgan fingerprint density at radius 2 is 1.65 bits per heavy atom. The van der Waals surface area contributed by atoms with Crippen molar-refractivity contribution in [3.05, 3.63) is 35.4 Å². The fourth-order valence-corrected chi connectivity index (χ4v) is 5.49. The Morgan fingerprint density at radius 1 is 1.06 bits per heavy atom. The lowest BCUT2D eigenvalue weighted by Gasteiger charge is -2.22. The number of halogens is 3. The van der Waals surface area contributed by atoms with Crippen molar-refractivity contribution in [3.63, 3.8) is 0 Å². The molecule has 0 fully saturated rings. The van der Waals surface area contributed by atoms with Crippen LogP contribution in [0.3, 0.4) is 0 Å². The molecular formula is C11H16Cl3NP2. The van der Waals surface area contributed by atoms with Gasteiger partial charge in [-0.25, -0.2) is 0 Å². The van der Waals surface area contributed by atoms with E-state index in [1.54, 1.807) is 0 Å². The average molecular weight is 331 g/mol. The Balaban J connectivity index is 2.42.